The van der Waals surface area contributed by atoms with Crippen molar-refractivity contribution >= 4 is 5.91 Å². The van der Waals surface area contributed by atoms with Gasteiger partial charge in [-0.2, -0.15) is 0 Å². The molecule has 2 aromatic rings. The van der Waals surface area contributed by atoms with Crippen molar-refractivity contribution in [1.29, 1.82) is 0 Å². The fourth-order valence-electron chi connectivity index (χ4n) is 3.03. The molecular formula is C24H33NO3. The van der Waals surface area contributed by atoms with E-state index in [9.17, 15) is 4.79 Å². The van der Waals surface area contributed by atoms with E-state index in [-0.39, 0.29) is 12.0 Å². The molecule has 0 aliphatic rings. The summed E-state index contributed by atoms with van der Waals surface area (Å²) < 4.78 is 11.6. The van der Waals surface area contributed by atoms with E-state index < -0.39 is 6.10 Å². The molecular weight excluding hydrogens is 350 g/mol. The molecule has 0 bridgehead atoms. The Hall–Kier alpha value is -2.49. The fourth-order valence-corrected chi connectivity index (χ4v) is 3.03. The minimum Gasteiger partial charge on any atom is -0.491 e. The minimum absolute atomic E-state index is 0.0526. The van der Waals surface area contributed by atoms with Crippen molar-refractivity contribution in [2.45, 2.75) is 66.1 Å². The fraction of sp³-hybridized carbons (Fsp3) is 0.458. The van der Waals surface area contributed by atoms with Gasteiger partial charge in [0.2, 0.25) is 0 Å². The number of amides is 1. The highest BCUT2D eigenvalue weighted by Crippen LogP contribution is 2.21. The van der Waals surface area contributed by atoms with Crippen LogP contribution < -0.4 is 14.8 Å². The summed E-state index contributed by atoms with van der Waals surface area (Å²) in [6.07, 6.45) is 2.15. The van der Waals surface area contributed by atoms with E-state index in [1.54, 1.807) is 0 Å². The quantitative estimate of drug-likeness (QED) is 0.588. The number of carbonyl (C=O) groups is 1. The van der Waals surface area contributed by atoms with E-state index in [2.05, 4.69) is 23.5 Å². The van der Waals surface area contributed by atoms with Gasteiger partial charge in [-0.15, -0.1) is 0 Å². The summed E-state index contributed by atoms with van der Waals surface area (Å²) in [6, 6.07) is 14.2. The molecule has 0 heterocycles. The SMILES string of the molecule is CC[C@H](Oc1ccc(C)cc1C)C(=O)NCCCc1ccc(OC(C)C)cc1. The number of rotatable bonds is 10. The molecule has 0 spiro atoms. The van der Waals surface area contributed by atoms with Crippen molar-refractivity contribution in [2.24, 2.45) is 0 Å². The minimum atomic E-state index is -0.464. The smallest absolute Gasteiger partial charge is 0.261 e. The zero-order chi connectivity index (χ0) is 20.5. The van der Waals surface area contributed by atoms with E-state index in [4.69, 9.17) is 9.47 Å². The van der Waals surface area contributed by atoms with Gasteiger partial charge in [0, 0.05) is 6.54 Å². The third kappa shape index (κ3) is 6.91. The standard InChI is InChI=1S/C24H33NO3/c1-6-22(28-23-14-9-18(4)16-19(23)5)24(26)25-15-7-8-20-10-12-21(13-11-20)27-17(2)3/h9-14,16-17,22H,6-8,15H2,1-5H3,(H,25,26)/t22-/m0/s1. The van der Waals surface area contributed by atoms with Crippen molar-refractivity contribution < 1.29 is 14.3 Å². The zero-order valence-electron chi connectivity index (χ0n) is 17.7. The normalized spacial score (nSPS) is 11.9. The highest BCUT2D eigenvalue weighted by Gasteiger charge is 2.18. The summed E-state index contributed by atoms with van der Waals surface area (Å²) >= 11 is 0. The second-order valence-corrected chi connectivity index (χ2v) is 7.49. The lowest BCUT2D eigenvalue weighted by atomic mass is 10.1. The Morgan fingerprint density at radius 2 is 1.75 bits per heavy atom. The summed E-state index contributed by atoms with van der Waals surface area (Å²) in [7, 11) is 0. The Kier molecular flexibility index (Phi) is 8.37. The Morgan fingerprint density at radius 3 is 2.36 bits per heavy atom. The zero-order valence-corrected chi connectivity index (χ0v) is 17.7. The molecule has 4 heteroatoms. The largest absolute Gasteiger partial charge is 0.491 e. The van der Waals surface area contributed by atoms with Gasteiger partial charge in [-0.1, -0.05) is 36.8 Å². The molecule has 152 valence electrons. The van der Waals surface area contributed by atoms with E-state index in [0.717, 1.165) is 29.9 Å². The summed E-state index contributed by atoms with van der Waals surface area (Å²) in [5, 5.41) is 3.00. The van der Waals surface area contributed by atoms with Crippen molar-refractivity contribution in [1.82, 2.24) is 5.32 Å². The predicted octanol–water partition coefficient (Wildman–Crippen LogP) is 5.00. The van der Waals surface area contributed by atoms with Crippen LogP contribution in [0.1, 0.15) is 50.3 Å². The van der Waals surface area contributed by atoms with Crippen molar-refractivity contribution in [3.05, 3.63) is 59.2 Å². The van der Waals surface area contributed by atoms with E-state index in [0.29, 0.717) is 13.0 Å². The van der Waals surface area contributed by atoms with Gasteiger partial charge < -0.3 is 14.8 Å². The first kappa shape index (κ1) is 21.8. The average Bonchev–Trinajstić information content (AvgIpc) is 2.65. The van der Waals surface area contributed by atoms with Gasteiger partial charge in [0.1, 0.15) is 11.5 Å². The molecule has 0 saturated carbocycles. The molecule has 28 heavy (non-hydrogen) atoms. The molecule has 1 N–H and O–H groups in total. The van der Waals surface area contributed by atoms with Crippen molar-refractivity contribution in [3.63, 3.8) is 0 Å². The highest BCUT2D eigenvalue weighted by molar-refractivity contribution is 5.81. The van der Waals surface area contributed by atoms with Crippen LogP contribution in [0.15, 0.2) is 42.5 Å². The van der Waals surface area contributed by atoms with Crippen LogP contribution in [0.25, 0.3) is 0 Å². The van der Waals surface area contributed by atoms with Crippen LogP contribution in [0.2, 0.25) is 0 Å². The lowest BCUT2D eigenvalue weighted by Gasteiger charge is -2.19. The van der Waals surface area contributed by atoms with Crippen LogP contribution in [0.5, 0.6) is 11.5 Å². The van der Waals surface area contributed by atoms with Gasteiger partial charge in [-0.3, -0.25) is 4.79 Å². The van der Waals surface area contributed by atoms with Gasteiger partial charge in [0.05, 0.1) is 6.10 Å². The first-order valence-corrected chi connectivity index (χ1v) is 10.2. The van der Waals surface area contributed by atoms with Crippen molar-refractivity contribution in [2.75, 3.05) is 6.54 Å². The summed E-state index contributed by atoms with van der Waals surface area (Å²) in [5.41, 5.74) is 3.48. The Balaban J connectivity index is 1.77. The maximum absolute atomic E-state index is 12.5. The van der Waals surface area contributed by atoms with Crippen LogP contribution in [-0.4, -0.2) is 24.7 Å². The molecule has 4 nitrogen and oxygen atoms in total. The summed E-state index contributed by atoms with van der Waals surface area (Å²) in [5.74, 6) is 1.61. The predicted molar refractivity (Wildman–Crippen MR) is 114 cm³/mol. The molecule has 0 aliphatic carbocycles. The first-order chi connectivity index (χ1) is 13.4. The number of carbonyl (C=O) groups excluding carboxylic acids is 1. The average molecular weight is 384 g/mol. The molecule has 0 fully saturated rings. The van der Waals surface area contributed by atoms with Gasteiger partial charge >= 0.3 is 0 Å². The third-order valence-electron chi connectivity index (χ3n) is 4.50. The lowest BCUT2D eigenvalue weighted by Crippen LogP contribution is -2.38. The number of nitrogens with one attached hydrogen (secondary N) is 1. The lowest BCUT2D eigenvalue weighted by molar-refractivity contribution is -0.128. The summed E-state index contributed by atoms with van der Waals surface area (Å²) in [4.78, 5) is 12.5. The van der Waals surface area contributed by atoms with Crippen LogP contribution in [0, 0.1) is 13.8 Å². The molecule has 0 radical (unpaired) electrons. The Morgan fingerprint density at radius 1 is 1.04 bits per heavy atom. The maximum Gasteiger partial charge on any atom is 0.261 e. The highest BCUT2D eigenvalue weighted by atomic mass is 16.5. The second kappa shape index (κ2) is 10.7. The molecule has 1 amide bonds. The van der Waals surface area contributed by atoms with E-state index >= 15 is 0 Å². The molecule has 1 atom stereocenters. The molecule has 0 aromatic heterocycles. The number of benzene rings is 2. The van der Waals surface area contributed by atoms with E-state index in [1.807, 2.05) is 58.9 Å². The monoisotopic (exact) mass is 383 g/mol. The van der Waals surface area contributed by atoms with Crippen molar-refractivity contribution in [3.8, 4) is 11.5 Å². The number of hydrogen-bond donors (Lipinski definition) is 1. The van der Waals surface area contributed by atoms with Gasteiger partial charge in [-0.05, 0) is 76.3 Å². The second-order valence-electron chi connectivity index (χ2n) is 7.49. The summed E-state index contributed by atoms with van der Waals surface area (Å²) in [6.45, 7) is 10.7. The van der Waals surface area contributed by atoms with E-state index in [1.165, 1.54) is 11.1 Å². The third-order valence-corrected chi connectivity index (χ3v) is 4.50. The number of ether oxygens (including phenoxy) is 2. The molecule has 2 rings (SSSR count). The maximum atomic E-state index is 12.5. The van der Waals surface area contributed by atoms with Gasteiger partial charge in [-0.25, -0.2) is 0 Å². The molecule has 0 saturated heterocycles. The topological polar surface area (TPSA) is 47.6 Å². The van der Waals surface area contributed by atoms with Gasteiger partial charge in [0.15, 0.2) is 6.10 Å². The van der Waals surface area contributed by atoms with Crippen LogP contribution >= 0.6 is 0 Å². The number of hydrogen-bond acceptors (Lipinski definition) is 3. The van der Waals surface area contributed by atoms with Crippen LogP contribution in [0.3, 0.4) is 0 Å². The van der Waals surface area contributed by atoms with Gasteiger partial charge in [0.25, 0.3) is 5.91 Å². The molecule has 0 unspecified atom stereocenters. The first-order valence-electron chi connectivity index (χ1n) is 10.2. The molecule has 0 aliphatic heterocycles. The van der Waals surface area contributed by atoms with Crippen LogP contribution in [-0.2, 0) is 11.2 Å². The molecule has 2 aromatic carbocycles. The Labute approximate surface area is 169 Å². The Bertz CT molecular complexity index is 753. The van der Waals surface area contributed by atoms with Crippen LogP contribution in [0.4, 0.5) is 0 Å². The number of aryl methyl sites for hydroxylation is 3.